The fourth-order valence-corrected chi connectivity index (χ4v) is 10.7. The van der Waals surface area contributed by atoms with Crippen LogP contribution >= 0.6 is 27.5 Å². The Morgan fingerprint density at radius 1 is 0.810 bits per heavy atom. The molecule has 0 spiro atoms. The Kier molecular flexibility index (Phi) is 10.9. The van der Waals surface area contributed by atoms with Gasteiger partial charge in [0, 0.05) is 16.5 Å². The van der Waals surface area contributed by atoms with Gasteiger partial charge in [-0.1, -0.05) is 59.7 Å². The third-order valence-corrected chi connectivity index (χ3v) is 13.8. The number of nitrogens with zero attached hydrogens (tertiary/aromatic N) is 2. The lowest BCUT2D eigenvalue weighted by Gasteiger charge is -2.50. The number of hydrogen-bond donors (Lipinski definition) is 2. The first-order valence-electron chi connectivity index (χ1n) is 20.2. The first kappa shape index (κ1) is 41.9. The molecule has 11 nitrogen and oxygen atoms in total. The van der Waals surface area contributed by atoms with Crippen LogP contribution < -0.4 is 24.5 Å². The van der Waals surface area contributed by atoms with Crippen molar-refractivity contribution in [2.24, 2.45) is 23.7 Å². The number of phenols is 1. The number of nitrogens with one attached hydrogen (secondary N) is 1. The van der Waals surface area contributed by atoms with Gasteiger partial charge in [-0.25, -0.2) is 4.39 Å². The van der Waals surface area contributed by atoms with E-state index in [1.54, 1.807) is 62.8 Å². The van der Waals surface area contributed by atoms with Gasteiger partial charge in [-0.15, -0.1) is 0 Å². The van der Waals surface area contributed by atoms with Crippen LogP contribution in [0.1, 0.15) is 41.0 Å². The number of benzene rings is 5. The zero-order chi connectivity index (χ0) is 44.3. The number of amides is 4. The van der Waals surface area contributed by atoms with Crippen LogP contribution in [0.3, 0.4) is 0 Å². The first-order valence-corrected chi connectivity index (χ1v) is 21.4. The van der Waals surface area contributed by atoms with E-state index in [4.69, 9.17) is 25.8 Å². The van der Waals surface area contributed by atoms with Crippen molar-refractivity contribution in [3.05, 3.63) is 152 Å². The minimum absolute atomic E-state index is 0.0546. The smallest absolute Gasteiger partial charge is 0.260 e. The van der Waals surface area contributed by atoms with Gasteiger partial charge in [0.15, 0.2) is 11.5 Å². The van der Waals surface area contributed by atoms with E-state index in [-0.39, 0.29) is 34.7 Å². The Bertz CT molecular complexity index is 2750. The maximum absolute atomic E-state index is 15.5. The molecule has 14 heteroatoms. The molecule has 2 saturated heterocycles. The molecule has 4 amide bonds. The third-order valence-electron chi connectivity index (χ3n) is 12.9. The van der Waals surface area contributed by atoms with E-state index in [0.717, 1.165) is 16.1 Å². The van der Waals surface area contributed by atoms with Gasteiger partial charge >= 0.3 is 0 Å². The van der Waals surface area contributed by atoms with Crippen molar-refractivity contribution >= 4 is 74.7 Å². The van der Waals surface area contributed by atoms with Crippen LogP contribution in [0.2, 0.25) is 5.02 Å². The molecule has 0 aromatic heterocycles. The molecule has 2 aliphatic heterocycles. The second-order valence-electron chi connectivity index (χ2n) is 16.0. The monoisotopic (exact) mass is 931 g/mol. The second-order valence-corrected chi connectivity index (χ2v) is 17.3. The molecular formula is C49H40BrClFN3O8. The number of methoxy groups -OCH3 is 3. The van der Waals surface area contributed by atoms with Gasteiger partial charge in [-0.3, -0.25) is 29.5 Å². The van der Waals surface area contributed by atoms with Crippen LogP contribution in [0.4, 0.5) is 15.8 Å². The normalized spacial score (nSPS) is 24.0. The molecule has 4 aliphatic rings. The Morgan fingerprint density at radius 3 is 2.21 bits per heavy atom. The molecule has 6 atom stereocenters. The summed E-state index contributed by atoms with van der Waals surface area (Å²) in [7, 11) is 4.59. The highest BCUT2D eigenvalue weighted by atomic mass is 79.9. The van der Waals surface area contributed by atoms with E-state index < -0.39 is 58.5 Å². The van der Waals surface area contributed by atoms with E-state index in [0.29, 0.717) is 44.6 Å². The highest BCUT2D eigenvalue weighted by Crippen LogP contribution is 2.65. The topological polar surface area (TPSA) is 135 Å². The molecule has 2 aliphatic carbocycles. The number of halogens is 3. The predicted octanol–water partition coefficient (Wildman–Crippen LogP) is 9.33. The number of imide groups is 2. The number of phenolic OH excluding ortho intramolecular Hbond substituents is 1. The highest BCUT2D eigenvalue weighted by Gasteiger charge is 2.70. The highest BCUT2D eigenvalue weighted by molar-refractivity contribution is 9.10. The van der Waals surface area contributed by atoms with E-state index in [2.05, 4.69) is 21.4 Å². The van der Waals surface area contributed by atoms with E-state index in [9.17, 15) is 23.9 Å². The van der Waals surface area contributed by atoms with Gasteiger partial charge < -0.3 is 19.3 Å². The molecule has 6 unspecified atom stereocenters. The standard InChI is InChI=1S/C49H40BrClFN3O8/c1-61-34-18-21-40(62-2)27(22-34)7-4-26-5-16-33(17-6-26)54-45(57)36-20-19-35-37(42(36)47(54)59)25-38-46(58)55(53-32-14-12-31(52)13-15-32)48(60)49(38,29-8-10-30(51)11-9-29)43(35)28-23-39(50)44(56)41(24-28)63-3/h4-19,21-24,36-38,42-43,53,56H,20,25H2,1-3H3. The summed E-state index contributed by atoms with van der Waals surface area (Å²) in [4.78, 5) is 61.0. The molecule has 320 valence electrons. The summed E-state index contributed by atoms with van der Waals surface area (Å²) in [5, 5.41) is 12.4. The number of aromatic hydroxyl groups is 1. The summed E-state index contributed by atoms with van der Waals surface area (Å²) in [5.74, 6) is -5.27. The number of hydrogen-bond acceptors (Lipinski definition) is 9. The summed E-state index contributed by atoms with van der Waals surface area (Å²) in [6.45, 7) is 0. The van der Waals surface area contributed by atoms with Crippen LogP contribution in [-0.4, -0.2) is 55.1 Å². The minimum atomic E-state index is -1.62. The molecule has 1 saturated carbocycles. The fourth-order valence-electron chi connectivity index (χ4n) is 10.1. The maximum Gasteiger partial charge on any atom is 0.260 e. The molecule has 3 fully saturated rings. The Labute approximate surface area is 375 Å². The lowest BCUT2D eigenvalue weighted by atomic mass is 9.49. The molecular weight excluding hydrogens is 893 g/mol. The van der Waals surface area contributed by atoms with Gasteiger partial charge in [0.25, 0.3) is 11.8 Å². The lowest BCUT2D eigenvalue weighted by molar-refractivity contribution is -0.138. The zero-order valence-corrected chi connectivity index (χ0v) is 36.5. The minimum Gasteiger partial charge on any atom is -0.503 e. The molecule has 2 heterocycles. The molecule has 5 aromatic carbocycles. The number of rotatable bonds is 10. The Morgan fingerprint density at radius 2 is 1.52 bits per heavy atom. The third kappa shape index (κ3) is 6.85. The van der Waals surface area contributed by atoms with Crippen molar-refractivity contribution in [3.63, 3.8) is 0 Å². The fraction of sp³-hybridized carbons (Fsp3) is 0.224. The largest absolute Gasteiger partial charge is 0.503 e. The summed E-state index contributed by atoms with van der Waals surface area (Å²) < 4.78 is 30.8. The van der Waals surface area contributed by atoms with E-state index >= 15 is 4.79 Å². The number of hydrazine groups is 1. The van der Waals surface area contributed by atoms with E-state index in [1.165, 1.54) is 36.3 Å². The average Bonchev–Trinajstić information content (AvgIpc) is 3.67. The number of carbonyl (C=O) groups excluding carboxylic acids is 4. The summed E-state index contributed by atoms with van der Waals surface area (Å²) in [6.07, 6.45) is 5.99. The van der Waals surface area contributed by atoms with Crippen molar-refractivity contribution < 1.29 is 42.9 Å². The number of carbonyl (C=O) groups is 4. The Hall–Kier alpha value is -6.44. The summed E-state index contributed by atoms with van der Waals surface area (Å²) in [5.41, 5.74) is 5.41. The molecule has 5 aromatic rings. The van der Waals surface area contributed by atoms with E-state index in [1.807, 2.05) is 48.6 Å². The van der Waals surface area contributed by atoms with Crippen molar-refractivity contribution in [1.29, 1.82) is 0 Å². The quantitative estimate of drug-likeness (QED) is 0.0799. The van der Waals surface area contributed by atoms with Gasteiger partial charge in [0.2, 0.25) is 11.8 Å². The van der Waals surface area contributed by atoms with Gasteiger partial charge in [-0.05, 0) is 130 Å². The van der Waals surface area contributed by atoms with Crippen molar-refractivity contribution in [2.45, 2.75) is 24.2 Å². The van der Waals surface area contributed by atoms with Crippen LogP contribution in [0, 0.1) is 29.5 Å². The molecule has 0 radical (unpaired) electrons. The summed E-state index contributed by atoms with van der Waals surface area (Å²) >= 11 is 9.90. The van der Waals surface area contributed by atoms with Gasteiger partial charge in [-0.2, -0.15) is 5.01 Å². The molecule has 0 bridgehead atoms. The first-order chi connectivity index (χ1) is 30.4. The summed E-state index contributed by atoms with van der Waals surface area (Å²) in [6, 6.07) is 28.0. The maximum atomic E-state index is 15.5. The molecule has 9 rings (SSSR count). The second kappa shape index (κ2) is 16.4. The van der Waals surface area contributed by atoms with Crippen molar-refractivity contribution in [1.82, 2.24) is 5.01 Å². The number of ether oxygens (including phenoxy) is 3. The van der Waals surface area contributed by atoms with Crippen LogP contribution in [0.5, 0.6) is 23.0 Å². The van der Waals surface area contributed by atoms with Gasteiger partial charge in [0.1, 0.15) is 17.3 Å². The molecule has 2 N–H and O–H groups in total. The lowest BCUT2D eigenvalue weighted by Crippen LogP contribution is -2.53. The number of allylic oxidation sites excluding steroid dienone is 2. The van der Waals surface area contributed by atoms with Crippen LogP contribution in [0.25, 0.3) is 12.2 Å². The average molecular weight is 933 g/mol. The Balaban J connectivity index is 1.13. The van der Waals surface area contributed by atoms with Gasteiger partial charge in [0.05, 0.1) is 60.3 Å². The van der Waals surface area contributed by atoms with Crippen LogP contribution in [0.15, 0.2) is 119 Å². The predicted molar refractivity (Wildman–Crippen MR) is 239 cm³/mol. The van der Waals surface area contributed by atoms with Crippen molar-refractivity contribution in [3.8, 4) is 23.0 Å². The van der Waals surface area contributed by atoms with Crippen molar-refractivity contribution in [2.75, 3.05) is 31.7 Å². The number of anilines is 2. The number of fused-ring (bicyclic) bond motifs is 4. The molecule has 63 heavy (non-hydrogen) atoms. The SMILES string of the molecule is COc1ccc(OC)c(C=Cc2ccc(N3C(=O)C4CC=C5C(CC6C(=O)N(Nc7ccc(F)cc7)C(=O)C6(c6ccc(Cl)cc6)C5c5cc(Br)c(O)c(OC)c5)C4C3=O)cc2)c1. The zero-order valence-electron chi connectivity index (χ0n) is 34.2. The van der Waals surface area contributed by atoms with Crippen LogP contribution in [-0.2, 0) is 24.6 Å².